The molecule has 1 unspecified atom stereocenters. The van der Waals surface area contributed by atoms with Crippen molar-refractivity contribution in [1.29, 1.82) is 0 Å². The quantitative estimate of drug-likeness (QED) is 0.903. The summed E-state index contributed by atoms with van der Waals surface area (Å²) in [6.45, 7) is 12.1. The maximum absolute atomic E-state index is 4.66. The van der Waals surface area contributed by atoms with Crippen molar-refractivity contribution in [3.63, 3.8) is 0 Å². The van der Waals surface area contributed by atoms with Gasteiger partial charge < -0.3 is 5.32 Å². The second-order valence-corrected chi connectivity index (χ2v) is 5.86. The second-order valence-electron chi connectivity index (χ2n) is 5.86. The van der Waals surface area contributed by atoms with Gasteiger partial charge in [-0.05, 0) is 38.8 Å². The van der Waals surface area contributed by atoms with E-state index < -0.39 is 0 Å². The van der Waals surface area contributed by atoms with Crippen LogP contribution in [0.25, 0.3) is 0 Å². The van der Waals surface area contributed by atoms with Gasteiger partial charge in [0.2, 0.25) is 0 Å². The van der Waals surface area contributed by atoms with E-state index in [-0.39, 0.29) is 5.54 Å². The fraction of sp³-hybridized carbons (Fsp3) is 0.688. The third-order valence-corrected chi connectivity index (χ3v) is 4.56. The number of piperazine rings is 1. The number of aryl methyl sites for hydroxylation is 1. The lowest BCUT2D eigenvalue weighted by Crippen LogP contribution is -2.63. The summed E-state index contributed by atoms with van der Waals surface area (Å²) in [5.74, 6) is 0. The molecule has 1 aromatic heterocycles. The van der Waals surface area contributed by atoms with Crippen LogP contribution in [-0.2, 0) is 6.54 Å². The predicted octanol–water partition coefficient (Wildman–Crippen LogP) is 2.74. The third-order valence-electron chi connectivity index (χ3n) is 4.56. The van der Waals surface area contributed by atoms with E-state index >= 15 is 0 Å². The van der Waals surface area contributed by atoms with Gasteiger partial charge in [0.15, 0.2) is 0 Å². The van der Waals surface area contributed by atoms with Gasteiger partial charge in [-0.1, -0.05) is 19.9 Å². The summed E-state index contributed by atoms with van der Waals surface area (Å²) in [6, 6.07) is 6.89. The SMILES string of the molecule is CCC1(CC)CNC(C)CN1Cc1cccc(C)n1. The minimum atomic E-state index is 0.290. The standard InChI is InChI=1S/C16H27N3/c1-5-16(6-2)12-17-14(4)10-19(16)11-15-9-7-8-13(3)18-15/h7-9,14,17H,5-6,10-12H2,1-4H3. The Hall–Kier alpha value is -0.930. The third kappa shape index (κ3) is 3.15. The summed E-state index contributed by atoms with van der Waals surface area (Å²) in [5.41, 5.74) is 2.59. The number of rotatable bonds is 4. The Balaban J connectivity index is 2.18. The normalized spacial score (nSPS) is 23.5. The van der Waals surface area contributed by atoms with Crippen LogP contribution < -0.4 is 5.32 Å². The highest BCUT2D eigenvalue weighted by Gasteiger charge is 2.37. The summed E-state index contributed by atoms with van der Waals surface area (Å²) in [7, 11) is 0. The first-order valence-corrected chi connectivity index (χ1v) is 7.50. The molecule has 0 saturated carbocycles. The average Bonchev–Trinajstić information content (AvgIpc) is 2.40. The van der Waals surface area contributed by atoms with Gasteiger partial charge in [-0.25, -0.2) is 0 Å². The van der Waals surface area contributed by atoms with Gasteiger partial charge in [0.1, 0.15) is 0 Å². The minimum absolute atomic E-state index is 0.290. The molecular formula is C16H27N3. The van der Waals surface area contributed by atoms with E-state index in [0.29, 0.717) is 6.04 Å². The molecule has 1 N–H and O–H groups in total. The molecule has 19 heavy (non-hydrogen) atoms. The molecule has 0 radical (unpaired) electrons. The van der Waals surface area contributed by atoms with Crippen LogP contribution in [0.5, 0.6) is 0 Å². The van der Waals surface area contributed by atoms with Crippen molar-refractivity contribution in [1.82, 2.24) is 15.2 Å². The molecule has 1 saturated heterocycles. The number of pyridine rings is 1. The molecule has 3 nitrogen and oxygen atoms in total. The zero-order chi connectivity index (χ0) is 13.9. The fourth-order valence-electron chi connectivity index (χ4n) is 3.13. The van der Waals surface area contributed by atoms with Crippen LogP contribution in [-0.4, -0.2) is 34.6 Å². The molecule has 2 heterocycles. The van der Waals surface area contributed by atoms with Gasteiger partial charge in [-0.3, -0.25) is 9.88 Å². The summed E-state index contributed by atoms with van der Waals surface area (Å²) < 4.78 is 0. The lowest BCUT2D eigenvalue weighted by molar-refractivity contribution is 0.0268. The number of aromatic nitrogens is 1. The van der Waals surface area contributed by atoms with E-state index in [2.05, 4.69) is 61.1 Å². The van der Waals surface area contributed by atoms with E-state index in [4.69, 9.17) is 0 Å². The molecule has 2 rings (SSSR count). The maximum atomic E-state index is 4.66. The Morgan fingerprint density at radius 1 is 1.37 bits per heavy atom. The zero-order valence-electron chi connectivity index (χ0n) is 12.7. The molecule has 3 heteroatoms. The topological polar surface area (TPSA) is 28.2 Å². The first-order chi connectivity index (χ1) is 9.09. The van der Waals surface area contributed by atoms with E-state index in [9.17, 15) is 0 Å². The Bertz CT molecular complexity index is 412. The van der Waals surface area contributed by atoms with Crippen LogP contribution in [0, 0.1) is 6.92 Å². The van der Waals surface area contributed by atoms with Crippen molar-refractivity contribution < 1.29 is 0 Å². The first kappa shape index (κ1) is 14.5. The number of nitrogens with one attached hydrogen (secondary N) is 1. The van der Waals surface area contributed by atoms with Crippen LogP contribution in [0.2, 0.25) is 0 Å². The van der Waals surface area contributed by atoms with Crippen LogP contribution >= 0.6 is 0 Å². The van der Waals surface area contributed by atoms with Crippen LogP contribution in [0.3, 0.4) is 0 Å². The lowest BCUT2D eigenvalue weighted by Gasteiger charge is -2.49. The van der Waals surface area contributed by atoms with Crippen molar-refractivity contribution in [2.75, 3.05) is 13.1 Å². The van der Waals surface area contributed by atoms with Crippen molar-refractivity contribution in [3.8, 4) is 0 Å². The molecule has 0 amide bonds. The highest BCUT2D eigenvalue weighted by molar-refractivity contribution is 5.11. The van der Waals surface area contributed by atoms with Crippen LogP contribution in [0.1, 0.15) is 45.0 Å². The Kier molecular flexibility index (Phi) is 4.58. The minimum Gasteiger partial charge on any atom is -0.311 e. The lowest BCUT2D eigenvalue weighted by atomic mass is 9.87. The monoisotopic (exact) mass is 261 g/mol. The number of nitrogens with zero attached hydrogens (tertiary/aromatic N) is 2. The van der Waals surface area contributed by atoms with E-state index in [0.717, 1.165) is 25.3 Å². The first-order valence-electron chi connectivity index (χ1n) is 7.50. The molecule has 0 aliphatic carbocycles. The van der Waals surface area contributed by atoms with E-state index in [1.807, 2.05) is 0 Å². The Morgan fingerprint density at radius 3 is 2.74 bits per heavy atom. The Morgan fingerprint density at radius 2 is 2.11 bits per heavy atom. The molecule has 1 aromatic rings. The molecule has 1 aliphatic rings. The molecule has 0 spiro atoms. The number of hydrogen-bond acceptors (Lipinski definition) is 3. The molecule has 0 aromatic carbocycles. The molecular weight excluding hydrogens is 234 g/mol. The van der Waals surface area contributed by atoms with Gasteiger partial charge in [-0.15, -0.1) is 0 Å². The van der Waals surface area contributed by atoms with Crippen molar-refractivity contribution in [3.05, 3.63) is 29.6 Å². The van der Waals surface area contributed by atoms with Gasteiger partial charge in [-0.2, -0.15) is 0 Å². The van der Waals surface area contributed by atoms with E-state index in [1.165, 1.54) is 18.5 Å². The average molecular weight is 261 g/mol. The summed E-state index contributed by atoms with van der Waals surface area (Å²) in [5, 5.41) is 3.64. The van der Waals surface area contributed by atoms with Crippen molar-refractivity contribution >= 4 is 0 Å². The second kappa shape index (κ2) is 6.02. The molecule has 0 bridgehead atoms. The van der Waals surface area contributed by atoms with Gasteiger partial charge in [0, 0.05) is 36.9 Å². The van der Waals surface area contributed by atoms with Crippen molar-refractivity contribution in [2.24, 2.45) is 0 Å². The summed E-state index contributed by atoms with van der Waals surface area (Å²) in [4.78, 5) is 7.30. The molecule has 1 fully saturated rings. The van der Waals surface area contributed by atoms with Crippen LogP contribution in [0.15, 0.2) is 18.2 Å². The Labute approximate surface area is 117 Å². The molecule has 106 valence electrons. The smallest absolute Gasteiger partial charge is 0.0547 e. The predicted molar refractivity (Wildman–Crippen MR) is 80.2 cm³/mol. The molecule has 1 atom stereocenters. The summed E-state index contributed by atoms with van der Waals surface area (Å²) in [6.07, 6.45) is 2.38. The van der Waals surface area contributed by atoms with Crippen molar-refractivity contribution in [2.45, 2.75) is 58.7 Å². The number of hydrogen-bond donors (Lipinski definition) is 1. The maximum Gasteiger partial charge on any atom is 0.0547 e. The van der Waals surface area contributed by atoms with Crippen LogP contribution in [0.4, 0.5) is 0 Å². The van der Waals surface area contributed by atoms with Gasteiger partial charge >= 0.3 is 0 Å². The highest BCUT2D eigenvalue weighted by Crippen LogP contribution is 2.28. The van der Waals surface area contributed by atoms with Gasteiger partial charge in [0.25, 0.3) is 0 Å². The highest BCUT2D eigenvalue weighted by atomic mass is 15.3. The largest absolute Gasteiger partial charge is 0.311 e. The zero-order valence-corrected chi connectivity index (χ0v) is 12.7. The van der Waals surface area contributed by atoms with E-state index in [1.54, 1.807) is 0 Å². The molecule has 1 aliphatic heterocycles. The van der Waals surface area contributed by atoms with Gasteiger partial charge in [0.05, 0.1) is 5.69 Å². The fourth-order valence-corrected chi connectivity index (χ4v) is 3.13. The summed E-state index contributed by atoms with van der Waals surface area (Å²) >= 11 is 0.